The molecule has 0 rings (SSSR count). The highest BCUT2D eigenvalue weighted by Gasteiger charge is 2.38. The first kappa shape index (κ1) is 17.1. The Kier molecular flexibility index (Phi) is 7.61. The van der Waals surface area contributed by atoms with Crippen LogP contribution in [0.3, 0.4) is 0 Å². The van der Waals surface area contributed by atoms with Crippen molar-refractivity contribution in [2.24, 2.45) is 0 Å². The van der Waals surface area contributed by atoms with Gasteiger partial charge in [-0.3, -0.25) is 0 Å². The van der Waals surface area contributed by atoms with E-state index in [2.05, 4.69) is 40.8 Å². The molecule has 0 bridgehead atoms. The SMILES string of the molecule is C[C@H](CCCCCCO)O[Si](C)(C)C(C)(C)C. The molecule has 0 aromatic rings. The number of aliphatic hydroxyl groups is 1. The molecule has 0 unspecified atom stereocenters. The third kappa shape index (κ3) is 7.22. The van der Waals surface area contributed by atoms with Gasteiger partial charge in [0.1, 0.15) is 0 Å². The highest BCUT2D eigenvalue weighted by Crippen LogP contribution is 2.37. The molecule has 17 heavy (non-hydrogen) atoms. The summed E-state index contributed by atoms with van der Waals surface area (Å²) >= 11 is 0. The first-order chi connectivity index (χ1) is 7.70. The summed E-state index contributed by atoms with van der Waals surface area (Å²) < 4.78 is 6.30. The Morgan fingerprint density at radius 3 is 2.06 bits per heavy atom. The predicted octanol–water partition coefficient (Wildman–Crippen LogP) is 4.34. The predicted molar refractivity (Wildman–Crippen MR) is 77.9 cm³/mol. The van der Waals surface area contributed by atoms with E-state index in [4.69, 9.17) is 9.53 Å². The topological polar surface area (TPSA) is 29.5 Å². The lowest BCUT2D eigenvalue weighted by Gasteiger charge is -2.38. The minimum Gasteiger partial charge on any atom is -0.414 e. The van der Waals surface area contributed by atoms with Crippen LogP contribution >= 0.6 is 0 Å². The van der Waals surface area contributed by atoms with Crippen LogP contribution in [-0.4, -0.2) is 26.1 Å². The molecule has 2 nitrogen and oxygen atoms in total. The van der Waals surface area contributed by atoms with E-state index in [1.165, 1.54) is 12.8 Å². The van der Waals surface area contributed by atoms with Crippen LogP contribution in [0.5, 0.6) is 0 Å². The molecule has 0 radical (unpaired) electrons. The molecule has 1 atom stereocenters. The Labute approximate surface area is 109 Å². The van der Waals surface area contributed by atoms with Crippen LogP contribution in [0.1, 0.15) is 59.8 Å². The second-order valence-corrected chi connectivity index (χ2v) is 11.4. The van der Waals surface area contributed by atoms with Crippen LogP contribution in [0.15, 0.2) is 0 Å². The van der Waals surface area contributed by atoms with Gasteiger partial charge in [0, 0.05) is 12.7 Å². The van der Waals surface area contributed by atoms with Crippen LogP contribution in [0.2, 0.25) is 18.1 Å². The summed E-state index contributed by atoms with van der Waals surface area (Å²) in [5.74, 6) is 0. The highest BCUT2D eigenvalue weighted by molar-refractivity contribution is 6.74. The smallest absolute Gasteiger partial charge is 0.192 e. The molecular formula is C14H32O2Si. The summed E-state index contributed by atoms with van der Waals surface area (Å²) in [7, 11) is -1.58. The summed E-state index contributed by atoms with van der Waals surface area (Å²) in [5, 5.41) is 9.00. The van der Waals surface area contributed by atoms with Gasteiger partial charge >= 0.3 is 0 Å². The number of hydrogen-bond donors (Lipinski definition) is 1. The van der Waals surface area contributed by atoms with Crippen molar-refractivity contribution < 1.29 is 9.53 Å². The molecule has 0 fully saturated rings. The zero-order valence-electron chi connectivity index (χ0n) is 12.7. The first-order valence-electron chi connectivity index (χ1n) is 6.99. The van der Waals surface area contributed by atoms with Crippen molar-refractivity contribution in [3.05, 3.63) is 0 Å². The average molecular weight is 260 g/mol. The van der Waals surface area contributed by atoms with Crippen LogP contribution in [0.4, 0.5) is 0 Å². The van der Waals surface area contributed by atoms with E-state index in [-0.39, 0.29) is 0 Å². The number of aliphatic hydroxyl groups excluding tert-OH is 1. The van der Waals surface area contributed by atoms with Gasteiger partial charge in [-0.25, -0.2) is 0 Å². The molecule has 0 saturated carbocycles. The second-order valence-electron chi connectivity index (χ2n) is 6.62. The van der Waals surface area contributed by atoms with Gasteiger partial charge in [0.2, 0.25) is 0 Å². The standard InChI is InChI=1S/C14H32O2Si/c1-13(11-9-7-8-10-12-15)16-17(5,6)14(2,3)4/h13,15H,7-12H2,1-6H3/t13-/m1/s1. The molecule has 0 saturated heterocycles. The molecule has 0 spiro atoms. The third-order valence-electron chi connectivity index (χ3n) is 3.82. The van der Waals surface area contributed by atoms with Crippen LogP contribution in [0.25, 0.3) is 0 Å². The van der Waals surface area contributed by atoms with Crippen molar-refractivity contribution >= 4 is 8.32 Å². The van der Waals surface area contributed by atoms with Gasteiger partial charge in [0.05, 0.1) is 0 Å². The van der Waals surface area contributed by atoms with Crippen molar-refractivity contribution in [1.29, 1.82) is 0 Å². The maximum absolute atomic E-state index is 8.70. The molecular weight excluding hydrogens is 228 g/mol. The lowest BCUT2D eigenvalue weighted by Crippen LogP contribution is -2.43. The fourth-order valence-corrected chi connectivity index (χ4v) is 3.11. The summed E-state index contributed by atoms with van der Waals surface area (Å²) in [6, 6.07) is 0. The summed E-state index contributed by atoms with van der Waals surface area (Å²) in [6.45, 7) is 14.0. The zero-order valence-corrected chi connectivity index (χ0v) is 13.7. The minimum absolute atomic E-state index is 0.304. The Bertz CT molecular complexity index is 197. The normalized spacial score (nSPS) is 15.0. The van der Waals surface area contributed by atoms with E-state index in [1.54, 1.807) is 0 Å². The van der Waals surface area contributed by atoms with Gasteiger partial charge in [0.15, 0.2) is 8.32 Å². The fourth-order valence-electron chi connectivity index (χ4n) is 1.64. The first-order valence-corrected chi connectivity index (χ1v) is 9.90. The minimum atomic E-state index is -1.58. The molecule has 0 aliphatic rings. The van der Waals surface area contributed by atoms with Gasteiger partial charge in [-0.05, 0) is 37.9 Å². The number of rotatable bonds is 8. The lowest BCUT2D eigenvalue weighted by molar-refractivity contribution is 0.184. The largest absolute Gasteiger partial charge is 0.414 e. The number of hydrogen-bond acceptors (Lipinski definition) is 2. The monoisotopic (exact) mass is 260 g/mol. The molecule has 1 N–H and O–H groups in total. The van der Waals surface area contributed by atoms with Crippen molar-refractivity contribution in [3.8, 4) is 0 Å². The quantitative estimate of drug-likeness (QED) is 0.519. The molecule has 0 aliphatic carbocycles. The maximum atomic E-state index is 8.70. The second kappa shape index (κ2) is 7.55. The van der Waals surface area contributed by atoms with Gasteiger partial charge < -0.3 is 9.53 Å². The van der Waals surface area contributed by atoms with E-state index in [9.17, 15) is 0 Å². The van der Waals surface area contributed by atoms with Crippen LogP contribution in [0, 0.1) is 0 Å². The van der Waals surface area contributed by atoms with Crippen molar-refractivity contribution in [2.45, 2.75) is 84.0 Å². The summed E-state index contributed by atoms with van der Waals surface area (Å²) in [5.41, 5.74) is 0. The lowest BCUT2D eigenvalue weighted by atomic mass is 10.1. The molecule has 0 aliphatic heterocycles. The maximum Gasteiger partial charge on any atom is 0.192 e. The molecule has 0 aromatic carbocycles. The van der Waals surface area contributed by atoms with Crippen LogP contribution in [-0.2, 0) is 4.43 Å². The van der Waals surface area contributed by atoms with Gasteiger partial charge in [-0.2, -0.15) is 0 Å². The molecule has 0 heterocycles. The summed E-state index contributed by atoms with van der Waals surface area (Å²) in [6.07, 6.45) is 6.05. The Morgan fingerprint density at radius 1 is 1.06 bits per heavy atom. The van der Waals surface area contributed by atoms with E-state index in [1.807, 2.05) is 0 Å². The van der Waals surface area contributed by atoms with Gasteiger partial charge in [0.25, 0.3) is 0 Å². The molecule has 3 heteroatoms. The van der Waals surface area contributed by atoms with Crippen molar-refractivity contribution in [3.63, 3.8) is 0 Å². The van der Waals surface area contributed by atoms with Crippen molar-refractivity contribution in [1.82, 2.24) is 0 Å². The Balaban J connectivity index is 3.82. The van der Waals surface area contributed by atoms with Crippen LogP contribution < -0.4 is 0 Å². The molecule has 0 amide bonds. The molecule has 104 valence electrons. The van der Waals surface area contributed by atoms with Gasteiger partial charge in [-0.15, -0.1) is 0 Å². The Hall–Kier alpha value is 0.137. The average Bonchev–Trinajstić information content (AvgIpc) is 2.14. The van der Waals surface area contributed by atoms with Crippen molar-refractivity contribution in [2.75, 3.05) is 6.61 Å². The van der Waals surface area contributed by atoms with Gasteiger partial charge in [-0.1, -0.05) is 40.0 Å². The third-order valence-corrected chi connectivity index (χ3v) is 8.42. The van der Waals surface area contributed by atoms with E-state index in [0.29, 0.717) is 17.7 Å². The number of unbranched alkanes of at least 4 members (excludes halogenated alkanes) is 3. The zero-order chi connectivity index (χ0) is 13.5. The van der Waals surface area contributed by atoms with E-state index >= 15 is 0 Å². The summed E-state index contributed by atoms with van der Waals surface area (Å²) in [4.78, 5) is 0. The molecule has 0 aromatic heterocycles. The highest BCUT2D eigenvalue weighted by atomic mass is 28.4. The Morgan fingerprint density at radius 2 is 1.59 bits per heavy atom. The van der Waals surface area contributed by atoms with E-state index < -0.39 is 8.32 Å². The van der Waals surface area contributed by atoms with E-state index in [0.717, 1.165) is 19.3 Å². The fraction of sp³-hybridized carbons (Fsp3) is 1.00.